The highest BCUT2D eigenvalue weighted by Crippen LogP contribution is 2.42. The summed E-state index contributed by atoms with van der Waals surface area (Å²) in [5.41, 5.74) is 0.186. The maximum absolute atomic E-state index is 12.9. The molecular weight excluding hydrogens is 276 g/mol. The second kappa shape index (κ2) is 7.08. The van der Waals surface area contributed by atoms with Crippen LogP contribution < -0.4 is 4.74 Å². The number of hydrogen-bond donors (Lipinski definition) is 0. The van der Waals surface area contributed by atoms with Crippen molar-refractivity contribution in [3.8, 4) is 5.75 Å². The van der Waals surface area contributed by atoms with E-state index in [1.807, 2.05) is 31.2 Å². The molecule has 0 aliphatic carbocycles. The Hall–Kier alpha value is -1.64. The topological polar surface area (TPSA) is 43.4 Å². The van der Waals surface area contributed by atoms with Crippen LogP contribution in [0.5, 0.6) is 5.75 Å². The monoisotopic (exact) mass is 302 g/mol. The van der Waals surface area contributed by atoms with Crippen LogP contribution in [-0.4, -0.2) is 17.2 Å². The minimum atomic E-state index is -0.474. The number of ether oxygens (including phenoxy) is 1. The van der Waals surface area contributed by atoms with Crippen LogP contribution in [0.25, 0.3) is 0 Å². The second-order valence-corrected chi connectivity index (χ2v) is 6.11. The number of para-hydroxylation sites is 1. The predicted molar refractivity (Wildman–Crippen MR) is 87.4 cm³/mol. The Bertz CT molecular complexity index is 543. The number of hydrogen-bond acceptors (Lipinski definition) is 3. The molecule has 3 nitrogen and oxygen atoms in total. The van der Waals surface area contributed by atoms with E-state index in [1.165, 1.54) is 0 Å². The summed E-state index contributed by atoms with van der Waals surface area (Å²) in [4.78, 5) is 24.8. The van der Waals surface area contributed by atoms with Crippen LogP contribution in [0, 0.1) is 5.92 Å². The van der Waals surface area contributed by atoms with Crippen LogP contribution in [0.1, 0.15) is 69.7 Å². The van der Waals surface area contributed by atoms with Gasteiger partial charge < -0.3 is 4.74 Å². The fourth-order valence-corrected chi connectivity index (χ4v) is 3.47. The summed E-state index contributed by atoms with van der Waals surface area (Å²) in [6, 6.07) is 7.46. The zero-order chi connectivity index (χ0) is 16.2. The van der Waals surface area contributed by atoms with E-state index in [0.29, 0.717) is 30.6 Å². The van der Waals surface area contributed by atoms with Crippen molar-refractivity contribution in [1.82, 2.24) is 0 Å². The SMILES string of the molecule is CCCC(=O)CCC1C(=O)c2ccccc2OC1(CC)CC. The van der Waals surface area contributed by atoms with Gasteiger partial charge in [-0.2, -0.15) is 0 Å². The maximum Gasteiger partial charge on any atom is 0.173 e. The first-order valence-corrected chi connectivity index (χ1v) is 8.41. The zero-order valence-corrected chi connectivity index (χ0v) is 13.9. The molecule has 1 aliphatic rings. The molecule has 0 spiro atoms. The molecule has 0 aromatic heterocycles. The number of ketones is 2. The fraction of sp³-hybridized carbons (Fsp3) is 0.579. The largest absolute Gasteiger partial charge is 0.486 e. The Morgan fingerprint density at radius 2 is 1.82 bits per heavy atom. The summed E-state index contributed by atoms with van der Waals surface area (Å²) < 4.78 is 6.26. The first kappa shape index (κ1) is 16.7. The summed E-state index contributed by atoms with van der Waals surface area (Å²) in [6.45, 7) is 6.13. The Morgan fingerprint density at radius 3 is 2.45 bits per heavy atom. The summed E-state index contributed by atoms with van der Waals surface area (Å²) in [5.74, 6) is 0.843. The molecule has 3 heteroatoms. The second-order valence-electron chi connectivity index (χ2n) is 6.11. The smallest absolute Gasteiger partial charge is 0.173 e. The van der Waals surface area contributed by atoms with Gasteiger partial charge in [-0.3, -0.25) is 9.59 Å². The van der Waals surface area contributed by atoms with E-state index in [1.54, 1.807) is 0 Å². The van der Waals surface area contributed by atoms with Gasteiger partial charge in [-0.1, -0.05) is 32.9 Å². The third-order valence-corrected chi connectivity index (χ3v) is 4.85. The highest BCUT2D eigenvalue weighted by molar-refractivity contribution is 6.02. The van der Waals surface area contributed by atoms with Crippen LogP contribution in [0.2, 0.25) is 0 Å². The third-order valence-electron chi connectivity index (χ3n) is 4.85. The van der Waals surface area contributed by atoms with Gasteiger partial charge in [-0.05, 0) is 37.8 Å². The first-order chi connectivity index (χ1) is 10.6. The Morgan fingerprint density at radius 1 is 1.14 bits per heavy atom. The summed E-state index contributed by atoms with van der Waals surface area (Å²) in [7, 11) is 0. The first-order valence-electron chi connectivity index (χ1n) is 8.41. The number of fused-ring (bicyclic) bond motifs is 1. The van der Waals surface area contributed by atoms with Gasteiger partial charge in [0.25, 0.3) is 0 Å². The lowest BCUT2D eigenvalue weighted by atomic mass is 9.73. The molecule has 2 rings (SSSR count). The van der Waals surface area contributed by atoms with Gasteiger partial charge in [0.15, 0.2) is 5.78 Å². The van der Waals surface area contributed by atoms with Gasteiger partial charge in [-0.15, -0.1) is 0 Å². The third kappa shape index (κ3) is 3.08. The van der Waals surface area contributed by atoms with Crippen LogP contribution in [0.3, 0.4) is 0 Å². The molecule has 0 amide bonds. The van der Waals surface area contributed by atoms with Crippen LogP contribution >= 0.6 is 0 Å². The molecule has 0 saturated carbocycles. The van der Waals surface area contributed by atoms with Crippen LogP contribution in [0.15, 0.2) is 24.3 Å². The minimum absolute atomic E-state index is 0.134. The van der Waals surface area contributed by atoms with Crippen LogP contribution in [0.4, 0.5) is 0 Å². The average Bonchev–Trinajstić information content (AvgIpc) is 2.54. The van der Waals surface area contributed by atoms with Gasteiger partial charge >= 0.3 is 0 Å². The van der Waals surface area contributed by atoms with E-state index < -0.39 is 5.60 Å². The Labute approximate surface area is 133 Å². The van der Waals surface area contributed by atoms with Crippen molar-refractivity contribution in [3.63, 3.8) is 0 Å². The van der Waals surface area contributed by atoms with Crippen molar-refractivity contribution < 1.29 is 14.3 Å². The summed E-state index contributed by atoms with van der Waals surface area (Å²) in [5, 5.41) is 0. The molecule has 120 valence electrons. The Kier molecular flexibility index (Phi) is 5.38. The molecule has 1 unspecified atom stereocenters. The van der Waals surface area contributed by atoms with E-state index in [0.717, 1.165) is 19.3 Å². The van der Waals surface area contributed by atoms with Gasteiger partial charge in [0, 0.05) is 12.8 Å². The van der Waals surface area contributed by atoms with E-state index in [9.17, 15) is 9.59 Å². The van der Waals surface area contributed by atoms with E-state index >= 15 is 0 Å². The minimum Gasteiger partial charge on any atom is -0.486 e. The quantitative estimate of drug-likeness (QED) is 0.740. The van der Waals surface area contributed by atoms with Gasteiger partial charge in [-0.25, -0.2) is 0 Å². The molecule has 1 aromatic rings. The number of benzene rings is 1. The van der Waals surface area contributed by atoms with Crippen molar-refractivity contribution in [2.24, 2.45) is 5.92 Å². The lowest BCUT2D eigenvalue weighted by molar-refractivity contribution is -0.119. The van der Waals surface area contributed by atoms with Crippen molar-refractivity contribution >= 4 is 11.6 Å². The molecule has 0 bridgehead atoms. The van der Waals surface area contributed by atoms with E-state index in [4.69, 9.17) is 4.74 Å². The highest BCUT2D eigenvalue weighted by atomic mass is 16.5. The zero-order valence-electron chi connectivity index (χ0n) is 13.9. The molecule has 0 N–H and O–H groups in total. The normalized spacial score (nSPS) is 19.4. The lowest BCUT2D eigenvalue weighted by Gasteiger charge is -2.43. The molecular formula is C19H26O3. The van der Waals surface area contributed by atoms with Crippen molar-refractivity contribution in [2.75, 3.05) is 0 Å². The molecule has 1 heterocycles. The van der Waals surface area contributed by atoms with Crippen molar-refractivity contribution in [1.29, 1.82) is 0 Å². The van der Waals surface area contributed by atoms with Gasteiger partial charge in [0.2, 0.25) is 0 Å². The summed E-state index contributed by atoms with van der Waals surface area (Å²) >= 11 is 0. The fourth-order valence-electron chi connectivity index (χ4n) is 3.47. The maximum atomic E-state index is 12.9. The molecule has 0 radical (unpaired) electrons. The van der Waals surface area contributed by atoms with Gasteiger partial charge in [0.05, 0.1) is 11.5 Å². The molecule has 1 aromatic carbocycles. The standard InChI is InChI=1S/C19H26O3/c1-4-9-14(20)12-13-16-18(21)15-10-7-8-11-17(15)22-19(16,5-2)6-3/h7-8,10-11,16H,4-6,9,12-13H2,1-3H3. The van der Waals surface area contributed by atoms with E-state index in [2.05, 4.69) is 13.8 Å². The van der Waals surface area contributed by atoms with Crippen LogP contribution in [-0.2, 0) is 4.79 Å². The number of carbonyl (C=O) groups is 2. The van der Waals surface area contributed by atoms with E-state index in [-0.39, 0.29) is 17.5 Å². The number of Topliss-reactive ketones (excluding diaryl/α,β-unsaturated/α-hetero) is 2. The van der Waals surface area contributed by atoms with Crippen molar-refractivity contribution in [3.05, 3.63) is 29.8 Å². The van der Waals surface area contributed by atoms with Crippen molar-refractivity contribution in [2.45, 2.75) is 64.9 Å². The van der Waals surface area contributed by atoms with Gasteiger partial charge in [0.1, 0.15) is 17.1 Å². The molecule has 22 heavy (non-hydrogen) atoms. The molecule has 1 atom stereocenters. The number of rotatable bonds is 7. The predicted octanol–water partition coefficient (Wildman–Crippen LogP) is 4.59. The highest BCUT2D eigenvalue weighted by Gasteiger charge is 2.46. The lowest BCUT2D eigenvalue weighted by Crippen LogP contribution is -2.50. The molecule has 0 fully saturated rings. The molecule has 1 aliphatic heterocycles. The molecule has 0 saturated heterocycles. The number of carbonyl (C=O) groups excluding carboxylic acids is 2. The summed E-state index contributed by atoms with van der Waals surface area (Å²) in [6.07, 6.45) is 4.07. The average molecular weight is 302 g/mol. The Balaban J connectivity index is 2.28.